The van der Waals surface area contributed by atoms with Crippen LogP contribution < -0.4 is 0 Å². The SMILES string of the molecule is COC(=O)C1(c2csc(-c3ccc[nH]3)n2)CC1. The summed E-state index contributed by atoms with van der Waals surface area (Å²) in [5.74, 6) is -0.166. The molecular weight excluding hydrogens is 236 g/mol. The van der Waals surface area contributed by atoms with Gasteiger partial charge in [-0.1, -0.05) is 0 Å². The number of hydrogen-bond acceptors (Lipinski definition) is 4. The summed E-state index contributed by atoms with van der Waals surface area (Å²) in [7, 11) is 1.43. The van der Waals surface area contributed by atoms with Crippen molar-refractivity contribution < 1.29 is 9.53 Å². The molecule has 1 saturated carbocycles. The topological polar surface area (TPSA) is 55.0 Å². The highest BCUT2D eigenvalue weighted by atomic mass is 32.1. The van der Waals surface area contributed by atoms with Crippen LogP contribution in [-0.4, -0.2) is 23.0 Å². The van der Waals surface area contributed by atoms with Crippen molar-refractivity contribution in [2.45, 2.75) is 18.3 Å². The van der Waals surface area contributed by atoms with Crippen molar-refractivity contribution in [3.8, 4) is 10.7 Å². The maximum atomic E-state index is 11.7. The summed E-state index contributed by atoms with van der Waals surface area (Å²) in [5.41, 5.74) is 1.37. The second-order valence-electron chi connectivity index (χ2n) is 4.20. The molecule has 1 aliphatic carbocycles. The van der Waals surface area contributed by atoms with Gasteiger partial charge in [0.25, 0.3) is 0 Å². The average Bonchev–Trinajstić information content (AvgIpc) is 2.84. The standard InChI is InChI=1S/C12H12N2O2S/c1-16-11(15)12(4-5-12)9-7-17-10(14-9)8-3-2-6-13-8/h2-3,6-7,13H,4-5H2,1H3. The van der Waals surface area contributed by atoms with Crippen molar-refractivity contribution in [1.82, 2.24) is 9.97 Å². The van der Waals surface area contributed by atoms with Crippen LogP contribution in [0.2, 0.25) is 0 Å². The highest BCUT2D eigenvalue weighted by molar-refractivity contribution is 7.13. The Bertz CT molecular complexity index is 541. The van der Waals surface area contributed by atoms with Gasteiger partial charge in [0.2, 0.25) is 0 Å². The van der Waals surface area contributed by atoms with E-state index in [4.69, 9.17) is 4.74 Å². The van der Waals surface area contributed by atoms with Gasteiger partial charge in [0.1, 0.15) is 10.4 Å². The van der Waals surface area contributed by atoms with Crippen molar-refractivity contribution >= 4 is 17.3 Å². The molecule has 4 nitrogen and oxygen atoms in total. The normalized spacial score (nSPS) is 16.8. The fraction of sp³-hybridized carbons (Fsp3) is 0.333. The number of aromatic nitrogens is 2. The predicted octanol–water partition coefficient (Wildman–Crippen LogP) is 2.34. The number of methoxy groups -OCH3 is 1. The van der Waals surface area contributed by atoms with Crippen LogP contribution in [0.15, 0.2) is 23.7 Å². The van der Waals surface area contributed by atoms with Crippen LogP contribution in [0.1, 0.15) is 18.5 Å². The molecule has 2 aromatic heterocycles. The summed E-state index contributed by atoms with van der Waals surface area (Å²) >= 11 is 1.55. The lowest BCUT2D eigenvalue weighted by atomic mass is 10.0. The molecule has 0 atom stereocenters. The Morgan fingerprint density at radius 1 is 1.59 bits per heavy atom. The number of hydrogen-bond donors (Lipinski definition) is 1. The second kappa shape index (κ2) is 3.70. The molecule has 2 heterocycles. The Balaban J connectivity index is 1.94. The van der Waals surface area contributed by atoms with Crippen LogP contribution in [0.3, 0.4) is 0 Å². The third kappa shape index (κ3) is 1.58. The first-order valence-electron chi connectivity index (χ1n) is 5.44. The summed E-state index contributed by atoms with van der Waals surface area (Å²) in [6, 6.07) is 3.91. The van der Waals surface area contributed by atoms with Gasteiger partial charge in [-0.25, -0.2) is 4.98 Å². The van der Waals surface area contributed by atoms with Crippen molar-refractivity contribution in [3.63, 3.8) is 0 Å². The molecule has 1 fully saturated rings. The maximum absolute atomic E-state index is 11.7. The van der Waals surface area contributed by atoms with Crippen molar-refractivity contribution in [1.29, 1.82) is 0 Å². The lowest BCUT2D eigenvalue weighted by Crippen LogP contribution is -2.22. The van der Waals surface area contributed by atoms with E-state index in [2.05, 4.69) is 9.97 Å². The highest BCUT2D eigenvalue weighted by Gasteiger charge is 2.54. The van der Waals surface area contributed by atoms with Gasteiger partial charge in [-0.15, -0.1) is 11.3 Å². The number of carbonyl (C=O) groups excluding carboxylic acids is 1. The van der Waals surface area contributed by atoms with E-state index < -0.39 is 5.41 Å². The van der Waals surface area contributed by atoms with E-state index >= 15 is 0 Å². The molecule has 0 spiro atoms. The lowest BCUT2D eigenvalue weighted by Gasteiger charge is -2.08. The lowest BCUT2D eigenvalue weighted by molar-refractivity contribution is -0.143. The minimum atomic E-state index is -0.462. The molecule has 3 rings (SSSR count). The van der Waals surface area contributed by atoms with Gasteiger partial charge in [0.15, 0.2) is 0 Å². The Labute approximate surface area is 103 Å². The number of rotatable bonds is 3. The molecule has 88 valence electrons. The van der Waals surface area contributed by atoms with Crippen LogP contribution >= 0.6 is 11.3 Å². The van der Waals surface area contributed by atoms with Gasteiger partial charge in [-0.05, 0) is 25.0 Å². The summed E-state index contributed by atoms with van der Waals surface area (Å²) in [5, 5.41) is 2.88. The van der Waals surface area contributed by atoms with Crippen molar-refractivity contribution in [2.24, 2.45) is 0 Å². The van der Waals surface area contributed by atoms with E-state index in [1.165, 1.54) is 7.11 Å². The number of carbonyl (C=O) groups is 1. The molecule has 17 heavy (non-hydrogen) atoms. The van der Waals surface area contributed by atoms with Gasteiger partial charge in [-0.2, -0.15) is 0 Å². The first-order chi connectivity index (χ1) is 8.26. The molecule has 1 N–H and O–H groups in total. The van der Waals surface area contributed by atoms with E-state index in [-0.39, 0.29) is 5.97 Å². The molecule has 0 aliphatic heterocycles. The van der Waals surface area contributed by atoms with E-state index in [0.29, 0.717) is 0 Å². The van der Waals surface area contributed by atoms with E-state index in [9.17, 15) is 4.79 Å². The fourth-order valence-electron chi connectivity index (χ4n) is 1.97. The van der Waals surface area contributed by atoms with Crippen LogP contribution in [0.25, 0.3) is 10.7 Å². The van der Waals surface area contributed by atoms with Gasteiger partial charge >= 0.3 is 5.97 Å². The zero-order valence-corrected chi connectivity index (χ0v) is 10.2. The highest BCUT2D eigenvalue weighted by Crippen LogP contribution is 2.49. The largest absolute Gasteiger partial charge is 0.468 e. The van der Waals surface area contributed by atoms with Crippen LogP contribution in [-0.2, 0) is 14.9 Å². The summed E-state index contributed by atoms with van der Waals surface area (Å²) in [6.07, 6.45) is 3.55. The first kappa shape index (κ1) is 10.5. The predicted molar refractivity (Wildman–Crippen MR) is 64.8 cm³/mol. The molecule has 0 amide bonds. The van der Waals surface area contributed by atoms with Crippen molar-refractivity contribution in [2.75, 3.05) is 7.11 Å². The Kier molecular flexibility index (Phi) is 2.29. The third-order valence-electron chi connectivity index (χ3n) is 3.15. The summed E-state index contributed by atoms with van der Waals surface area (Å²) in [4.78, 5) is 19.4. The monoisotopic (exact) mass is 248 g/mol. The average molecular weight is 248 g/mol. The van der Waals surface area contributed by atoms with E-state index in [1.54, 1.807) is 11.3 Å². The number of ether oxygens (including phenoxy) is 1. The number of nitrogens with zero attached hydrogens (tertiary/aromatic N) is 1. The van der Waals surface area contributed by atoms with Gasteiger partial charge in [-0.3, -0.25) is 4.79 Å². The molecule has 0 bridgehead atoms. The number of H-pyrrole nitrogens is 1. The maximum Gasteiger partial charge on any atom is 0.317 e. The molecule has 2 aromatic rings. The Morgan fingerprint density at radius 3 is 3.00 bits per heavy atom. The van der Waals surface area contributed by atoms with Crippen LogP contribution in [0, 0.1) is 0 Å². The molecule has 1 aliphatic rings. The number of esters is 1. The van der Waals surface area contributed by atoms with Gasteiger partial charge in [0, 0.05) is 11.6 Å². The summed E-state index contributed by atoms with van der Waals surface area (Å²) < 4.78 is 4.85. The number of aromatic amines is 1. The van der Waals surface area contributed by atoms with Gasteiger partial charge in [0.05, 0.1) is 18.5 Å². The van der Waals surface area contributed by atoms with E-state index in [1.807, 2.05) is 23.7 Å². The molecule has 0 radical (unpaired) electrons. The zero-order chi connectivity index (χ0) is 11.9. The smallest absolute Gasteiger partial charge is 0.317 e. The molecular formula is C12H12N2O2S. The van der Waals surface area contributed by atoms with Crippen LogP contribution in [0.4, 0.5) is 0 Å². The minimum Gasteiger partial charge on any atom is -0.468 e. The number of thiazole rings is 1. The molecule has 0 unspecified atom stereocenters. The van der Waals surface area contributed by atoms with E-state index in [0.717, 1.165) is 29.2 Å². The Hall–Kier alpha value is -1.62. The molecule has 5 heteroatoms. The van der Waals surface area contributed by atoms with Gasteiger partial charge < -0.3 is 9.72 Å². The third-order valence-corrected chi connectivity index (χ3v) is 4.02. The Morgan fingerprint density at radius 2 is 2.41 bits per heavy atom. The first-order valence-corrected chi connectivity index (χ1v) is 6.32. The molecule has 0 saturated heterocycles. The molecule has 0 aromatic carbocycles. The number of nitrogens with one attached hydrogen (secondary N) is 1. The quantitative estimate of drug-likeness (QED) is 0.848. The fourth-order valence-corrected chi connectivity index (χ4v) is 2.87. The van der Waals surface area contributed by atoms with Crippen molar-refractivity contribution in [3.05, 3.63) is 29.4 Å². The van der Waals surface area contributed by atoms with Crippen LogP contribution in [0.5, 0.6) is 0 Å². The minimum absolute atomic E-state index is 0.166. The zero-order valence-electron chi connectivity index (χ0n) is 9.40. The summed E-state index contributed by atoms with van der Waals surface area (Å²) in [6.45, 7) is 0. The second-order valence-corrected chi connectivity index (χ2v) is 5.05.